The number of carboxylic acid groups (broad SMARTS) is 1. The molecule has 0 aromatic heterocycles. The van der Waals surface area contributed by atoms with Gasteiger partial charge in [0.05, 0.1) is 24.8 Å². The Morgan fingerprint density at radius 1 is 1.36 bits per heavy atom. The highest BCUT2D eigenvalue weighted by Crippen LogP contribution is 2.45. The molecule has 2 N–H and O–H groups in total. The van der Waals surface area contributed by atoms with Crippen LogP contribution in [-0.4, -0.2) is 24.9 Å². The first-order valence-electron chi connectivity index (χ1n) is 7.92. The fraction of sp³-hybridized carbons (Fsp3) is 0.316. The summed E-state index contributed by atoms with van der Waals surface area (Å²) in [6.07, 6.45) is -1.05. The lowest BCUT2D eigenvalue weighted by molar-refractivity contribution is 0.0996. The Hall–Kier alpha value is -2.40. The fourth-order valence-electron chi connectivity index (χ4n) is 3.17. The van der Waals surface area contributed by atoms with Gasteiger partial charge in [-0.25, -0.2) is 4.79 Å². The molecular formula is C19H20ClNO4. The third-order valence-corrected chi connectivity index (χ3v) is 4.77. The van der Waals surface area contributed by atoms with Crippen molar-refractivity contribution in [1.29, 1.82) is 0 Å². The van der Waals surface area contributed by atoms with Crippen LogP contribution in [-0.2, 0) is 0 Å². The van der Waals surface area contributed by atoms with E-state index in [4.69, 9.17) is 21.1 Å². The summed E-state index contributed by atoms with van der Waals surface area (Å²) >= 11 is 6.36. The predicted octanol–water partition coefficient (Wildman–Crippen LogP) is 4.74. The summed E-state index contributed by atoms with van der Waals surface area (Å²) < 4.78 is 11.3. The van der Waals surface area contributed by atoms with Crippen LogP contribution in [0.5, 0.6) is 11.5 Å². The molecule has 1 aliphatic rings. The third-order valence-electron chi connectivity index (χ3n) is 4.46. The zero-order valence-corrected chi connectivity index (χ0v) is 15.1. The van der Waals surface area contributed by atoms with E-state index in [2.05, 4.69) is 5.32 Å². The zero-order chi connectivity index (χ0) is 18.2. The molecule has 1 atom stereocenters. The van der Waals surface area contributed by atoms with Crippen molar-refractivity contribution in [2.24, 2.45) is 5.41 Å². The minimum atomic E-state index is -1.05. The molecule has 1 heterocycles. The number of hydrogen-bond donors (Lipinski definition) is 2. The van der Waals surface area contributed by atoms with E-state index in [-0.39, 0.29) is 11.5 Å². The van der Waals surface area contributed by atoms with Crippen molar-refractivity contribution in [3.8, 4) is 22.6 Å². The van der Waals surface area contributed by atoms with E-state index < -0.39 is 6.09 Å². The van der Waals surface area contributed by atoms with Gasteiger partial charge in [0.1, 0.15) is 11.5 Å². The van der Waals surface area contributed by atoms with Crippen LogP contribution in [0.1, 0.15) is 25.5 Å². The number of ether oxygens (including phenoxy) is 2. The molecular weight excluding hydrogens is 342 g/mol. The summed E-state index contributed by atoms with van der Waals surface area (Å²) in [4.78, 5) is 11.2. The van der Waals surface area contributed by atoms with E-state index in [1.807, 2.05) is 44.2 Å². The summed E-state index contributed by atoms with van der Waals surface area (Å²) in [5, 5.41) is 12.4. The second-order valence-electron chi connectivity index (χ2n) is 6.73. The molecule has 2 aromatic rings. The van der Waals surface area contributed by atoms with Gasteiger partial charge in [-0.1, -0.05) is 43.6 Å². The van der Waals surface area contributed by atoms with Crippen LogP contribution < -0.4 is 14.8 Å². The second kappa shape index (κ2) is 6.48. The summed E-state index contributed by atoms with van der Waals surface area (Å²) in [7, 11) is 1.60. The van der Waals surface area contributed by atoms with Gasteiger partial charge in [-0.3, -0.25) is 0 Å². The third kappa shape index (κ3) is 3.24. The first-order chi connectivity index (χ1) is 11.8. The molecule has 0 spiro atoms. The molecule has 5 nitrogen and oxygen atoms in total. The van der Waals surface area contributed by atoms with Crippen LogP contribution in [0.4, 0.5) is 4.79 Å². The van der Waals surface area contributed by atoms with Crippen molar-refractivity contribution in [3.63, 3.8) is 0 Å². The van der Waals surface area contributed by atoms with Crippen molar-refractivity contribution in [2.45, 2.75) is 19.9 Å². The molecule has 1 aliphatic heterocycles. The van der Waals surface area contributed by atoms with Crippen molar-refractivity contribution >= 4 is 17.7 Å². The van der Waals surface area contributed by atoms with Gasteiger partial charge in [-0.2, -0.15) is 0 Å². The summed E-state index contributed by atoms with van der Waals surface area (Å²) in [5.74, 6) is 1.32. The van der Waals surface area contributed by atoms with Gasteiger partial charge in [0, 0.05) is 16.5 Å². The maximum atomic E-state index is 11.2. The van der Waals surface area contributed by atoms with Gasteiger partial charge >= 0.3 is 6.09 Å². The van der Waals surface area contributed by atoms with Crippen LogP contribution in [0.3, 0.4) is 0 Å². The normalized spacial score (nSPS) is 18.0. The highest BCUT2D eigenvalue weighted by atomic mass is 35.5. The van der Waals surface area contributed by atoms with Gasteiger partial charge in [0.15, 0.2) is 0 Å². The standard InChI is InChI=1S/C19H20ClNO4/c1-19(2)10-25-15-9-11(7-8-12(15)17(19)21-18(22)23)16-13(20)5-4-6-14(16)24-3/h4-9,17,21H,10H2,1-3H3,(H,22,23). The Labute approximate surface area is 151 Å². The van der Waals surface area contributed by atoms with Crippen LogP contribution in [0.25, 0.3) is 11.1 Å². The average molecular weight is 362 g/mol. The van der Waals surface area contributed by atoms with E-state index in [0.717, 1.165) is 16.7 Å². The number of carbonyl (C=O) groups is 1. The molecule has 0 fully saturated rings. The van der Waals surface area contributed by atoms with Gasteiger partial charge in [-0.15, -0.1) is 0 Å². The lowest BCUT2D eigenvalue weighted by Gasteiger charge is -2.39. The van der Waals surface area contributed by atoms with Crippen LogP contribution in [0.15, 0.2) is 36.4 Å². The minimum Gasteiger partial charge on any atom is -0.496 e. The number of hydrogen-bond acceptors (Lipinski definition) is 3. The molecule has 0 saturated heterocycles. The number of fused-ring (bicyclic) bond motifs is 1. The Balaban J connectivity index is 2.08. The molecule has 0 radical (unpaired) electrons. The van der Waals surface area contributed by atoms with E-state index in [1.54, 1.807) is 13.2 Å². The lowest BCUT2D eigenvalue weighted by Crippen LogP contribution is -2.43. The molecule has 0 saturated carbocycles. The monoisotopic (exact) mass is 361 g/mol. The maximum absolute atomic E-state index is 11.2. The largest absolute Gasteiger partial charge is 0.496 e. The Morgan fingerprint density at radius 3 is 2.80 bits per heavy atom. The van der Waals surface area contributed by atoms with Crippen LogP contribution in [0, 0.1) is 5.41 Å². The molecule has 25 heavy (non-hydrogen) atoms. The Bertz CT molecular complexity index is 819. The predicted molar refractivity (Wildman–Crippen MR) is 96.6 cm³/mol. The number of benzene rings is 2. The topological polar surface area (TPSA) is 67.8 Å². The zero-order valence-electron chi connectivity index (χ0n) is 14.3. The van der Waals surface area contributed by atoms with Crippen molar-refractivity contribution in [3.05, 3.63) is 47.0 Å². The van der Waals surface area contributed by atoms with Crippen molar-refractivity contribution in [1.82, 2.24) is 5.32 Å². The van der Waals surface area contributed by atoms with Gasteiger partial charge < -0.3 is 19.9 Å². The average Bonchev–Trinajstić information content (AvgIpc) is 2.56. The maximum Gasteiger partial charge on any atom is 0.405 e. The highest BCUT2D eigenvalue weighted by Gasteiger charge is 2.38. The molecule has 0 aliphatic carbocycles. The molecule has 132 valence electrons. The molecule has 0 bridgehead atoms. The molecule has 2 aromatic carbocycles. The number of halogens is 1. The minimum absolute atomic E-state index is 0.351. The number of rotatable bonds is 3. The summed E-state index contributed by atoms with van der Waals surface area (Å²) in [5.41, 5.74) is 2.10. The van der Waals surface area contributed by atoms with E-state index >= 15 is 0 Å². The summed E-state index contributed by atoms with van der Waals surface area (Å²) in [6, 6.07) is 10.8. The fourth-order valence-corrected chi connectivity index (χ4v) is 3.45. The highest BCUT2D eigenvalue weighted by molar-refractivity contribution is 6.33. The first kappa shape index (κ1) is 17.4. The first-order valence-corrected chi connectivity index (χ1v) is 8.30. The Kier molecular flexibility index (Phi) is 4.52. The van der Waals surface area contributed by atoms with E-state index in [0.29, 0.717) is 23.1 Å². The number of nitrogens with one attached hydrogen (secondary N) is 1. The van der Waals surface area contributed by atoms with Gasteiger partial charge in [0.2, 0.25) is 0 Å². The molecule has 1 amide bonds. The lowest BCUT2D eigenvalue weighted by atomic mass is 9.78. The van der Waals surface area contributed by atoms with Crippen LogP contribution >= 0.6 is 11.6 Å². The SMILES string of the molecule is COc1cccc(Cl)c1-c1ccc2c(c1)OCC(C)(C)C2NC(=O)O. The van der Waals surface area contributed by atoms with Crippen LogP contribution in [0.2, 0.25) is 5.02 Å². The van der Waals surface area contributed by atoms with E-state index in [9.17, 15) is 9.90 Å². The second-order valence-corrected chi connectivity index (χ2v) is 7.14. The quantitative estimate of drug-likeness (QED) is 0.828. The van der Waals surface area contributed by atoms with Crippen molar-refractivity contribution in [2.75, 3.05) is 13.7 Å². The molecule has 6 heteroatoms. The smallest absolute Gasteiger partial charge is 0.405 e. The Morgan fingerprint density at radius 2 is 2.12 bits per heavy atom. The van der Waals surface area contributed by atoms with Crippen molar-refractivity contribution < 1.29 is 19.4 Å². The van der Waals surface area contributed by atoms with Gasteiger partial charge in [-0.05, 0) is 23.8 Å². The number of methoxy groups -OCH3 is 1. The molecule has 3 rings (SSSR count). The van der Waals surface area contributed by atoms with E-state index in [1.165, 1.54) is 0 Å². The molecule has 1 unspecified atom stereocenters. The summed E-state index contributed by atoms with van der Waals surface area (Å²) in [6.45, 7) is 4.36. The number of amides is 1. The van der Waals surface area contributed by atoms with Gasteiger partial charge in [0.25, 0.3) is 0 Å².